The van der Waals surface area contributed by atoms with Crippen LogP contribution in [-0.4, -0.2) is 35.5 Å². The van der Waals surface area contributed by atoms with Gasteiger partial charge in [0.1, 0.15) is 0 Å². The second-order valence-corrected chi connectivity index (χ2v) is 6.01. The molecule has 1 aliphatic heterocycles. The minimum absolute atomic E-state index is 0. The van der Waals surface area contributed by atoms with Gasteiger partial charge >= 0.3 is 0 Å². The second-order valence-electron chi connectivity index (χ2n) is 6.01. The van der Waals surface area contributed by atoms with E-state index in [4.69, 9.17) is 10.5 Å². The highest BCUT2D eigenvalue weighted by Gasteiger charge is 2.17. The number of pyridine rings is 1. The molecule has 1 aromatic heterocycles. The molecule has 23 heavy (non-hydrogen) atoms. The van der Waals surface area contributed by atoms with Crippen LogP contribution in [0.3, 0.4) is 0 Å². The van der Waals surface area contributed by atoms with Crippen molar-refractivity contribution < 1.29 is 4.74 Å². The van der Waals surface area contributed by atoms with Gasteiger partial charge in [0, 0.05) is 24.8 Å². The summed E-state index contributed by atoms with van der Waals surface area (Å²) in [6, 6.07) is 3.92. The van der Waals surface area contributed by atoms with Crippen molar-refractivity contribution in [2.75, 3.05) is 19.7 Å². The van der Waals surface area contributed by atoms with E-state index < -0.39 is 0 Å². The number of likely N-dealkylation sites (tertiary alicyclic amines) is 1. The molecule has 0 aliphatic carbocycles. The van der Waals surface area contributed by atoms with Gasteiger partial charge < -0.3 is 15.4 Å². The molecule has 1 saturated heterocycles. The maximum Gasteiger partial charge on any atom is 0.218 e. The highest BCUT2D eigenvalue weighted by molar-refractivity contribution is 14.0. The Morgan fingerprint density at radius 1 is 1.43 bits per heavy atom. The summed E-state index contributed by atoms with van der Waals surface area (Å²) in [6.07, 6.45) is 6.28. The van der Waals surface area contributed by atoms with Crippen molar-refractivity contribution in [2.45, 2.75) is 46.1 Å². The number of hydrogen-bond acceptors (Lipinski definition) is 3. The molecule has 1 fully saturated rings. The van der Waals surface area contributed by atoms with Crippen LogP contribution in [0.5, 0.6) is 5.88 Å². The van der Waals surface area contributed by atoms with Crippen LogP contribution in [0, 0.1) is 5.92 Å². The molecule has 0 aromatic carbocycles. The van der Waals surface area contributed by atoms with Gasteiger partial charge in [-0.2, -0.15) is 0 Å². The number of nitrogens with zero attached hydrogens (tertiary/aromatic N) is 3. The number of aliphatic imine (C=N–C) groups is 1. The van der Waals surface area contributed by atoms with E-state index in [0.717, 1.165) is 37.4 Å². The first-order valence-electron chi connectivity index (χ1n) is 8.32. The van der Waals surface area contributed by atoms with Crippen LogP contribution in [0.4, 0.5) is 0 Å². The van der Waals surface area contributed by atoms with Crippen LogP contribution in [0.25, 0.3) is 0 Å². The van der Waals surface area contributed by atoms with Gasteiger partial charge in [0.15, 0.2) is 5.96 Å². The van der Waals surface area contributed by atoms with Crippen LogP contribution >= 0.6 is 24.0 Å². The molecule has 1 aliphatic rings. The lowest BCUT2D eigenvalue weighted by atomic mass is 10.00. The Balaban J connectivity index is 0.00000264. The number of hydrogen-bond donors (Lipinski definition) is 1. The summed E-state index contributed by atoms with van der Waals surface area (Å²) in [5.41, 5.74) is 7.12. The number of nitrogens with two attached hydrogens (primary N) is 1. The lowest BCUT2D eigenvalue weighted by Gasteiger charge is -2.31. The van der Waals surface area contributed by atoms with Crippen LogP contribution in [-0.2, 0) is 6.54 Å². The number of guanidine groups is 1. The lowest BCUT2D eigenvalue weighted by molar-refractivity contribution is 0.277. The molecule has 1 aromatic rings. The van der Waals surface area contributed by atoms with Gasteiger partial charge in [0.25, 0.3) is 0 Å². The van der Waals surface area contributed by atoms with Gasteiger partial charge in [-0.25, -0.2) is 9.98 Å². The molecule has 130 valence electrons. The highest BCUT2D eigenvalue weighted by Crippen LogP contribution is 2.18. The Bertz CT molecular complexity index is 487. The quantitative estimate of drug-likeness (QED) is 0.324. The summed E-state index contributed by atoms with van der Waals surface area (Å²) >= 11 is 0. The number of aromatic nitrogens is 1. The van der Waals surface area contributed by atoms with E-state index in [1.54, 1.807) is 6.20 Å². The number of halogens is 1. The van der Waals surface area contributed by atoms with Crippen molar-refractivity contribution in [1.29, 1.82) is 0 Å². The minimum Gasteiger partial charge on any atom is -0.477 e. The fourth-order valence-electron chi connectivity index (χ4n) is 2.49. The first-order valence-corrected chi connectivity index (χ1v) is 8.32. The number of piperidine rings is 1. The van der Waals surface area contributed by atoms with Crippen molar-refractivity contribution >= 4 is 29.9 Å². The van der Waals surface area contributed by atoms with E-state index in [0.29, 0.717) is 25.0 Å². The van der Waals surface area contributed by atoms with E-state index in [9.17, 15) is 0 Å². The van der Waals surface area contributed by atoms with Crippen LogP contribution in [0.15, 0.2) is 23.3 Å². The molecular formula is C17H29IN4O. The summed E-state index contributed by atoms with van der Waals surface area (Å²) < 4.78 is 5.73. The topological polar surface area (TPSA) is 63.7 Å². The highest BCUT2D eigenvalue weighted by atomic mass is 127. The average molecular weight is 432 g/mol. The van der Waals surface area contributed by atoms with Crippen LogP contribution in [0.1, 0.15) is 45.1 Å². The maximum atomic E-state index is 6.13. The summed E-state index contributed by atoms with van der Waals surface area (Å²) in [7, 11) is 0. The van der Waals surface area contributed by atoms with Gasteiger partial charge in [-0.15, -0.1) is 24.0 Å². The Labute approximate surface area is 156 Å². The van der Waals surface area contributed by atoms with Gasteiger partial charge in [0.2, 0.25) is 5.88 Å². The van der Waals surface area contributed by atoms with E-state index in [2.05, 4.69) is 28.7 Å². The largest absolute Gasteiger partial charge is 0.477 e. The summed E-state index contributed by atoms with van der Waals surface area (Å²) in [4.78, 5) is 11.0. The molecule has 0 radical (unpaired) electrons. The first kappa shape index (κ1) is 20.0. The first-order chi connectivity index (χ1) is 10.7. The molecular weight excluding hydrogens is 403 g/mol. The molecule has 2 rings (SSSR count). The fraction of sp³-hybridized carbons (Fsp3) is 0.647. The SMILES string of the molecule is CCCCOc1ncccc1CN=C(N)N1CCC(C)CC1.I. The summed E-state index contributed by atoms with van der Waals surface area (Å²) in [6.45, 7) is 7.66. The second kappa shape index (κ2) is 10.7. The molecule has 5 nitrogen and oxygen atoms in total. The predicted molar refractivity (Wildman–Crippen MR) is 105 cm³/mol. The van der Waals surface area contributed by atoms with Crippen molar-refractivity contribution in [3.05, 3.63) is 23.9 Å². The zero-order chi connectivity index (χ0) is 15.8. The van der Waals surface area contributed by atoms with E-state index in [-0.39, 0.29) is 24.0 Å². The molecule has 0 atom stereocenters. The van der Waals surface area contributed by atoms with Crippen LogP contribution < -0.4 is 10.5 Å². The number of rotatable bonds is 6. The van der Waals surface area contributed by atoms with E-state index in [1.165, 1.54) is 12.8 Å². The Hall–Kier alpha value is -1.05. The minimum atomic E-state index is 0. The smallest absolute Gasteiger partial charge is 0.218 e. The number of unbranched alkanes of at least 4 members (excludes halogenated alkanes) is 1. The van der Waals surface area contributed by atoms with Gasteiger partial charge in [0.05, 0.1) is 13.2 Å². The zero-order valence-corrected chi connectivity index (χ0v) is 16.5. The molecule has 0 saturated carbocycles. The monoisotopic (exact) mass is 432 g/mol. The van der Waals surface area contributed by atoms with Crippen molar-refractivity contribution in [3.8, 4) is 5.88 Å². The standard InChI is InChI=1S/C17H28N4O.HI/c1-3-4-12-22-16-15(6-5-9-19-16)13-20-17(18)21-10-7-14(2)8-11-21;/h5-6,9,14H,3-4,7-8,10-13H2,1-2H3,(H2,18,20);1H. The Kier molecular flexibility index (Phi) is 9.28. The van der Waals surface area contributed by atoms with Crippen molar-refractivity contribution in [1.82, 2.24) is 9.88 Å². The summed E-state index contributed by atoms with van der Waals surface area (Å²) in [5.74, 6) is 2.11. The van der Waals surface area contributed by atoms with Gasteiger partial charge in [-0.1, -0.05) is 26.3 Å². The normalized spacial score (nSPS) is 16.1. The zero-order valence-electron chi connectivity index (χ0n) is 14.2. The predicted octanol–water partition coefficient (Wildman–Crippen LogP) is 3.43. The molecule has 2 heterocycles. The van der Waals surface area contributed by atoms with Crippen LogP contribution in [0.2, 0.25) is 0 Å². The Morgan fingerprint density at radius 2 is 2.17 bits per heavy atom. The molecule has 0 bridgehead atoms. The average Bonchev–Trinajstić information content (AvgIpc) is 2.54. The van der Waals surface area contributed by atoms with Gasteiger partial charge in [-0.3, -0.25) is 0 Å². The fourth-order valence-corrected chi connectivity index (χ4v) is 2.49. The maximum absolute atomic E-state index is 6.13. The molecule has 0 spiro atoms. The lowest BCUT2D eigenvalue weighted by Crippen LogP contribution is -2.42. The van der Waals surface area contributed by atoms with E-state index in [1.807, 2.05) is 12.1 Å². The third-order valence-electron chi connectivity index (χ3n) is 4.11. The molecule has 2 N–H and O–H groups in total. The third-order valence-corrected chi connectivity index (χ3v) is 4.11. The number of ether oxygens (including phenoxy) is 1. The Morgan fingerprint density at radius 3 is 2.87 bits per heavy atom. The molecule has 0 unspecified atom stereocenters. The molecule has 0 amide bonds. The summed E-state index contributed by atoms with van der Waals surface area (Å²) in [5, 5.41) is 0. The van der Waals surface area contributed by atoms with Gasteiger partial charge in [-0.05, 0) is 31.2 Å². The van der Waals surface area contributed by atoms with Crippen molar-refractivity contribution in [3.63, 3.8) is 0 Å². The van der Waals surface area contributed by atoms with E-state index >= 15 is 0 Å². The van der Waals surface area contributed by atoms with Crippen molar-refractivity contribution in [2.24, 2.45) is 16.6 Å². The molecule has 6 heteroatoms. The third kappa shape index (κ3) is 6.53.